The van der Waals surface area contributed by atoms with Crippen molar-refractivity contribution < 1.29 is 25.6 Å². The zero-order valence-corrected chi connectivity index (χ0v) is 16.7. The van der Waals surface area contributed by atoms with Crippen LogP contribution in [0.1, 0.15) is 10.1 Å². The Morgan fingerprint density at radius 3 is 2.29 bits per heavy atom. The van der Waals surface area contributed by atoms with Crippen molar-refractivity contribution in [2.24, 2.45) is 0 Å². The second-order valence-electron chi connectivity index (χ2n) is 5.79. The van der Waals surface area contributed by atoms with Crippen LogP contribution in [0.15, 0.2) is 75.8 Å². The number of nitrogens with one attached hydrogen (secondary N) is 1. The lowest BCUT2D eigenvalue weighted by Gasteiger charge is -2.17. The predicted molar refractivity (Wildman–Crippen MR) is 102 cm³/mol. The van der Waals surface area contributed by atoms with Crippen molar-refractivity contribution in [1.82, 2.24) is 4.72 Å². The summed E-state index contributed by atoms with van der Waals surface area (Å²) in [5, 5.41) is 0.449. The molecule has 2 aromatic carbocycles. The quantitative estimate of drug-likeness (QED) is 0.606. The molecule has 5 nitrogen and oxygen atoms in total. The summed E-state index contributed by atoms with van der Waals surface area (Å²) in [5.41, 5.74) is 0. The molecular formula is C18H15F2NO4S3. The van der Waals surface area contributed by atoms with Crippen molar-refractivity contribution in [3.8, 4) is 0 Å². The summed E-state index contributed by atoms with van der Waals surface area (Å²) in [6.45, 7) is -0.532. The molecule has 1 unspecified atom stereocenters. The zero-order valence-electron chi connectivity index (χ0n) is 14.2. The van der Waals surface area contributed by atoms with Gasteiger partial charge in [-0.15, -0.1) is 11.3 Å². The van der Waals surface area contributed by atoms with E-state index in [1.54, 1.807) is 35.7 Å². The van der Waals surface area contributed by atoms with Gasteiger partial charge in [0.1, 0.15) is 21.8 Å². The lowest BCUT2D eigenvalue weighted by Crippen LogP contribution is -2.32. The van der Waals surface area contributed by atoms with Crippen LogP contribution in [-0.2, 0) is 19.9 Å². The largest absolute Gasteiger partial charge is 0.243 e. The zero-order chi connectivity index (χ0) is 20.4. The molecule has 0 saturated heterocycles. The molecule has 0 amide bonds. The molecule has 0 aliphatic rings. The first-order valence-corrected chi connectivity index (χ1v) is 11.9. The topological polar surface area (TPSA) is 80.3 Å². The summed E-state index contributed by atoms with van der Waals surface area (Å²) in [6.07, 6.45) is 0. The summed E-state index contributed by atoms with van der Waals surface area (Å²) in [4.78, 5) is -0.426. The third-order valence-corrected chi connectivity index (χ3v) is 8.62. The molecule has 1 heterocycles. The average molecular weight is 444 g/mol. The Kier molecular flexibility index (Phi) is 5.94. The van der Waals surface area contributed by atoms with Gasteiger partial charge in [-0.1, -0.05) is 24.3 Å². The Bertz CT molecular complexity index is 1160. The standard InChI is InChI=1S/C18H15F2NO4S3/c19-13-8-9-15(20)17(11-13)28(24,25)21-12-18(16-7-4-10-26-16)27(22,23)14-5-2-1-3-6-14/h1-11,18,21H,12H2. The summed E-state index contributed by atoms with van der Waals surface area (Å²) in [5.74, 6) is -2.05. The monoisotopic (exact) mass is 443 g/mol. The first-order chi connectivity index (χ1) is 13.2. The van der Waals surface area contributed by atoms with E-state index in [0.29, 0.717) is 17.0 Å². The lowest BCUT2D eigenvalue weighted by atomic mass is 10.3. The van der Waals surface area contributed by atoms with Crippen LogP contribution in [-0.4, -0.2) is 23.4 Å². The van der Waals surface area contributed by atoms with E-state index in [1.165, 1.54) is 12.1 Å². The molecule has 0 aliphatic carbocycles. The van der Waals surface area contributed by atoms with E-state index in [2.05, 4.69) is 4.72 Å². The van der Waals surface area contributed by atoms with Gasteiger partial charge in [0.15, 0.2) is 9.84 Å². The normalized spacial score (nSPS) is 13.4. The SMILES string of the molecule is O=S(=O)(NCC(c1cccs1)S(=O)(=O)c1ccccc1)c1cc(F)ccc1F. The first-order valence-electron chi connectivity index (χ1n) is 7.99. The van der Waals surface area contributed by atoms with E-state index >= 15 is 0 Å². The van der Waals surface area contributed by atoms with Crippen LogP contribution in [0.5, 0.6) is 0 Å². The van der Waals surface area contributed by atoms with Gasteiger partial charge in [-0.05, 0) is 41.8 Å². The highest BCUT2D eigenvalue weighted by atomic mass is 32.2. The van der Waals surface area contributed by atoms with E-state index in [4.69, 9.17) is 0 Å². The number of hydrogen-bond acceptors (Lipinski definition) is 5. The molecule has 10 heteroatoms. The summed E-state index contributed by atoms with van der Waals surface area (Å²) in [7, 11) is -8.40. The van der Waals surface area contributed by atoms with E-state index in [9.17, 15) is 25.6 Å². The van der Waals surface area contributed by atoms with Crippen LogP contribution in [0.25, 0.3) is 0 Å². The van der Waals surface area contributed by atoms with Crippen LogP contribution >= 0.6 is 11.3 Å². The number of hydrogen-bond donors (Lipinski definition) is 1. The molecule has 3 rings (SSSR count). The highest BCUT2D eigenvalue weighted by Crippen LogP contribution is 2.31. The molecule has 0 bridgehead atoms. The summed E-state index contributed by atoms with van der Waals surface area (Å²) in [6, 6.07) is 12.9. The number of sulfone groups is 1. The molecule has 0 aliphatic heterocycles. The molecule has 3 aromatic rings. The molecule has 0 spiro atoms. The fraction of sp³-hybridized carbons (Fsp3) is 0.111. The van der Waals surface area contributed by atoms with Crippen molar-refractivity contribution in [2.75, 3.05) is 6.54 Å². The van der Waals surface area contributed by atoms with Crippen LogP contribution in [0, 0.1) is 11.6 Å². The number of halogens is 2. The predicted octanol–water partition coefficient (Wildman–Crippen LogP) is 3.52. The van der Waals surface area contributed by atoms with Gasteiger partial charge in [0.05, 0.1) is 4.90 Å². The van der Waals surface area contributed by atoms with Crippen molar-refractivity contribution in [1.29, 1.82) is 0 Å². The van der Waals surface area contributed by atoms with Crippen molar-refractivity contribution >= 4 is 31.2 Å². The fourth-order valence-electron chi connectivity index (χ4n) is 2.56. The van der Waals surface area contributed by atoms with Crippen molar-refractivity contribution in [3.63, 3.8) is 0 Å². The molecule has 28 heavy (non-hydrogen) atoms. The average Bonchev–Trinajstić information content (AvgIpc) is 3.18. The fourth-order valence-corrected chi connectivity index (χ4v) is 6.60. The maximum atomic E-state index is 13.9. The van der Waals surface area contributed by atoms with Gasteiger partial charge in [0.2, 0.25) is 10.0 Å². The van der Waals surface area contributed by atoms with E-state index in [1.807, 2.05) is 0 Å². The molecule has 0 saturated carbocycles. The Balaban J connectivity index is 1.95. The number of thiophene rings is 1. The number of rotatable bonds is 7. The van der Waals surface area contributed by atoms with Crippen molar-refractivity contribution in [3.05, 3.63) is 82.6 Å². The van der Waals surface area contributed by atoms with Crippen LogP contribution in [0.3, 0.4) is 0 Å². The third-order valence-electron chi connectivity index (χ3n) is 3.95. The van der Waals surface area contributed by atoms with Crippen molar-refractivity contribution in [2.45, 2.75) is 15.0 Å². The first kappa shape index (κ1) is 20.6. The van der Waals surface area contributed by atoms with E-state index < -0.39 is 48.2 Å². The maximum Gasteiger partial charge on any atom is 0.243 e. The van der Waals surface area contributed by atoms with Gasteiger partial charge in [-0.3, -0.25) is 0 Å². The summed E-state index contributed by atoms with van der Waals surface area (Å²) < 4.78 is 80.3. The van der Waals surface area contributed by atoms with Crippen LogP contribution in [0.4, 0.5) is 8.78 Å². The van der Waals surface area contributed by atoms with E-state index in [-0.39, 0.29) is 4.90 Å². The van der Waals surface area contributed by atoms with Gasteiger partial charge >= 0.3 is 0 Å². The molecule has 148 valence electrons. The van der Waals surface area contributed by atoms with Gasteiger partial charge in [-0.25, -0.2) is 30.3 Å². The molecular weight excluding hydrogens is 428 g/mol. The Morgan fingerprint density at radius 2 is 1.64 bits per heavy atom. The highest BCUT2D eigenvalue weighted by molar-refractivity contribution is 7.92. The molecule has 0 fully saturated rings. The highest BCUT2D eigenvalue weighted by Gasteiger charge is 2.32. The van der Waals surface area contributed by atoms with Crippen LogP contribution in [0.2, 0.25) is 0 Å². The Morgan fingerprint density at radius 1 is 0.929 bits per heavy atom. The minimum atomic E-state index is -4.47. The van der Waals surface area contributed by atoms with Gasteiger partial charge in [0, 0.05) is 11.4 Å². The number of benzene rings is 2. The minimum Gasteiger partial charge on any atom is -0.223 e. The van der Waals surface area contributed by atoms with Gasteiger partial charge in [0.25, 0.3) is 0 Å². The lowest BCUT2D eigenvalue weighted by molar-refractivity contribution is 0.544. The molecule has 1 N–H and O–H groups in total. The smallest absolute Gasteiger partial charge is 0.223 e. The second-order valence-corrected chi connectivity index (χ2v) is 10.6. The molecule has 1 atom stereocenters. The van der Waals surface area contributed by atoms with Gasteiger partial charge in [-0.2, -0.15) is 0 Å². The number of sulfonamides is 1. The summed E-state index contributed by atoms with van der Waals surface area (Å²) >= 11 is 1.16. The van der Waals surface area contributed by atoms with E-state index in [0.717, 1.165) is 17.4 Å². The third kappa shape index (κ3) is 4.30. The minimum absolute atomic E-state index is 0.0320. The Hall–Kier alpha value is -2.14. The second kappa shape index (κ2) is 8.08. The van der Waals surface area contributed by atoms with Crippen LogP contribution < -0.4 is 4.72 Å². The molecule has 0 radical (unpaired) electrons. The van der Waals surface area contributed by atoms with Gasteiger partial charge < -0.3 is 0 Å². The maximum absolute atomic E-state index is 13.9. The Labute approximate surface area is 165 Å². The molecule has 1 aromatic heterocycles.